The van der Waals surface area contributed by atoms with Crippen molar-refractivity contribution in [2.45, 2.75) is 117 Å². The van der Waals surface area contributed by atoms with E-state index in [0.717, 1.165) is 12.5 Å². The van der Waals surface area contributed by atoms with E-state index in [-0.39, 0.29) is 0 Å². The first-order chi connectivity index (χ1) is 10.8. The van der Waals surface area contributed by atoms with Crippen LogP contribution in [0.15, 0.2) is 0 Å². The van der Waals surface area contributed by atoms with Gasteiger partial charge in [0.2, 0.25) is 0 Å². The molecule has 0 aliphatic carbocycles. The van der Waals surface area contributed by atoms with Crippen LogP contribution in [0.3, 0.4) is 0 Å². The Morgan fingerprint density at radius 1 is 0.591 bits per heavy atom. The van der Waals surface area contributed by atoms with Crippen molar-refractivity contribution in [1.29, 1.82) is 0 Å². The minimum atomic E-state index is 0.982. The summed E-state index contributed by atoms with van der Waals surface area (Å²) in [5.74, 6) is 1.03. The van der Waals surface area contributed by atoms with Crippen molar-refractivity contribution < 1.29 is 3.07 Å². The van der Waals surface area contributed by atoms with Gasteiger partial charge in [0.05, 0.1) is 0 Å². The van der Waals surface area contributed by atoms with Gasteiger partial charge in [-0.15, -0.1) is 0 Å². The SMILES string of the molecule is CCCCC(CCCC)CCCCCCCCCCC[O][Sn]. The molecule has 0 atom stereocenters. The third-order valence-corrected chi connectivity index (χ3v) is 5.37. The van der Waals surface area contributed by atoms with Crippen molar-refractivity contribution in [2.24, 2.45) is 5.92 Å². The Balaban J connectivity index is 3.33. The summed E-state index contributed by atoms with van der Waals surface area (Å²) in [6.07, 6.45) is 22.9. The molecule has 0 spiro atoms. The normalized spacial score (nSPS) is 11.5. The van der Waals surface area contributed by atoms with E-state index in [9.17, 15) is 0 Å². The van der Waals surface area contributed by atoms with Gasteiger partial charge in [-0.05, 0) is 5.92 Å². The van der Waals surface area contributed by atoms with Gasteiger partial charge in [0.15, 0.2) is 0 Å². The van der Waals surface area contributed by atoms with Crippen LogP contribution in [-0.4, -0.2) is 29.5 Å². The van der Waals surface area contributed by atoms with Gasteiger partial charge in [0.1, 0.15) is 0 Å². The molecule has 2 heteroatoms. The molecule has 0 rings (SSSR count). The van der Waals surface area contributed by atoms with Crippen molar-refractivity contribution in [3.63, 3.8) is 0 Å². The quantitative estimate of drug-likeness (QED) is 0.173. The summed E-state index contributed by atoms with van der Waals surface area (Å²) < 4.78 is 5.17. The summed E-state index contributed by atoms with van der Waals surface area (Å²) in [6, 6.07) is 0. The zero-order chi connectivity index (χ0) is 16.3. The molecule has 0 aromatic rings. The number of hydrogen-bond acceptors (Lipinski definition) is 1. The van der Waals surface area contributed by atoms with E-state index in [4.69, 9.17) is 3.07 Å². The molecular formula is C20H41OSn. The summed E-state index contributed by atoms with van der Waals surface area (Å²) in [6.45, 7) is 5.64. The van der Waals surface area contributed by atoms with E-state index in [0.29, 0.717) is 0 Å². The van der Waals surface area contributed by atoms with Crippen LogP contribution in [0.4, 0.5) is 0 Å². The average molecular weight is 416 g/mol. The summed E-state index contributed by atoms with van der Waals surface area (Å²) in [5, 5.41) is 0. The molecule has 0 saturated heterocycles. The van der Waals surface area contributed by atoms with Crippen LogP contribution in [0.1, 0.15) is 117 Å². The molecule has 3 radical (unpaired) electrons. The van der Waals surface area contributed by atoms with Crippen molar-refractivity contribution in [3.05, 3.63) is 0 Å². The second-order valence-electron chi connectivity index (χ2n) is 6.97. The van der Waals surface area contributed by atoms with Crippen molar-refractivity contribution in [3.8, 4) is 0 Å². The van der Waals surface area contributed by atoms with Gasteiger partial charge in [0.25, 0.3) is 0 Å². The maximum absolute atomic E-state index is 5.17. The molecule has 0 bridgehead atoms. The Kier molecular flexibility index (Phi) is 20.5. The van der Waals surface area contributed by atoms with Crippen molar-refractivity contribution in [2.75, 3.05) is 6.61 Å². The van der Waals surface area contributed by atoms with Crippen LogP contribution in [0.5, 0.6) is 0 Å². The van der Waals surface area contributed by atoms with E-state index in [1.807, 2.05) is 0 Å². The third-order valence-electron chi connectivity index (χ3n) is 4.79. The fraction of sp³-hybridized carbons (Fsp3) is 1.00. The molecule has 1 nitrogen and oxygen atoms in total. The summed E-state index contributed by atoms with van der Waals surface area (Å²) in [7, 11) is 0. The first kappa shape index (κ1) is 22.8. The summed E-state index contributed by atoms with van der Waals surface area (Å²) >= 11 is 1.22. The van der Waals surface area contributed by atoms with Crippen LogP contribution in [-0.2, 0) is 3.07 Å². The Bertz CT molecular complexity index is 188. The Hall–Kier alpha value is 0.759. The standard InChI is InChI=1S/C20H41O.Sn/c1-3-5-16-20(17-6-4-2)18-14-12-10-8-7-9-11-13-15-19-21;/h20H,3-19H2,1-2H3;/q-1;+1. The fourth-order valence-electron chi connectivity index (χ4n) is 3.26. The zero-order valence-electron chi connectivity index (χ0n) is 15.5. The topological polar surface area (TPSA) is 9.23 Å². The number of unbranched alkanes of at least 4 members (excludes halogenated alkanes) is 10. The molecule has 0 aliphatic rings. The van der Waals surface area contributed by atoms with Crippen molar-refractivity contribution in [1.82, 2.24) is 0 Å². The Morgan fingerprint density at radius 2 is 1.00 bits per heavy atom. The molecule has 0 heterocycles. The molecule has 0 amide bonds. The van der Waals surface area contributed by atoms with E-state index < -0.39 is 0 Å². The fourth-order valence-corrected chi connectivity index (χ4v) is 3.68. The first-order valence-electron chi connectivity index (χ1n) is 10.1. The second kappa shape index (κ2) is 19.8. The molecule has 0 N–H and O–H groups in total. The monoisotopic (exact) mass is 417 g/mol. The van der Waals surface area contributed by atoms with Gasteiger partial charge < -0.3 is 0 Å². The summed E-state index contributed by atoms with van der Waals surface area (Å²) in [4.78, 5) is 0. The molecule has 0 aromatic heterocycles. The molecule has 0 aliphatic heterocycles. The van der Waals surface area contributed by atoms with Gasteiger partial charge in [-0.1, -0.05) is 52.4 Å². The molecule has 131 valence electrons. The predicted molar refractivity (Wildman–Crippen MR) is 100 cm³/mol. The molecular weight excluding hydrogens is 375 g/mol. The Morgan fingerprint density at radius 3 is 1.45 bits per heavy atom. The van der Waals surface area contributed by atoms with Gasteiger partial charge >= 0.3 is 96.8 Å². The second-order valence-corrected chi connectivity index (χ2v) is 7.79. The summed E-state index contributed by atoms with van der Waals surface area (Å²) in [5.41, 5.74) is 0. The van der Waals surface area contributed by atoms with Gasteiger partial charge in [-0.2, -0.15) is 0 Å². The maximum atomic E-state index is 5.17. The van der Waals surface area contributed by atoms with Crippen LogP contribution in [0, 0.1) is 5.92 Å². The van der Waals surface area contributed by atoms with Gasteiger partial charge in [-0.25, -0.2) is 0 Å². The van der Waals surface area contributed by atoms with E-state index in [1.54, 1.807) is 0 Å². The van der Waals surface area contributed by atoms with Gasteiger partial charge in [-0.3, -0.25) is 0 Å². The Labute approximate surface area is 155 Å². The molecule has 0 saturated carbocycles. The average Bonchev–Trinajstić information content (AvgIpc) is 2.54. The van der Waals surface area contributed by atoms with Crippen LogP contribution >= 0.6 is 0 Å². The van der Waals surface area contributed by atoms with Crippen LogP contribution in [0.25, 0.3) is 0 Å². The molecule has 0 unspecified atom stereocenters. The minimum absolute atomic E-state index is 0.982. The molecule has 22 heavy (non-hydrogen) atoms. The van der Waals surface area contributed by atoms with E-state index in [2.05, 4.69) is 13.8 Å². The van der Waals surface area contributed by atoms with E-state index in [1.165, 1.54) is 126 Å². The number of rotatable bonds is 18. The molecule has 0 fully saturated rings. The van der Waals surface area contributed by atoms with Crippen LogP contribution in [0.2, 0.25) is 0 Å². The first-order valence-corrected chi connectivity index (χ1v) is 11.3. The number of hydrogen-bond donors (Lipinski definition) is 0. The predicted octanol–water partition coefficient (Wildman–Crippen LogP) is 6.98. The van der Waals surface area contributed by atoms with E-state index >= 15 is 0 Å². The van der Waals surface area contributed by atoms with Crippen LogP contribution < -0.4 is 0 Å². The third kappa shape index (κ3) is 17.1. The van der Waals surface area contributed by atoms with Crippen molar-refractivity contribution >= 4 is 22.9 Å². The molecule has 0 aromatic carbocycles. The van der Waals surface area contributed by atoms with Gasteiger partial charge in [0, 0.05) is 0 Å². The zero-order valence-corrected chi connectivity index (χ0v) is 18.4.